The van der Waals surface area contributed by atoms with Crippen molar-refractivity contribution < 1.29 is 23.8 Å². The number of hydrogen-bond acceptors (Lipinski definition) is 5. The van der Waals surface area contributed by atoms with E-state index in [4.69, 9.17) is 14.2 Å². The second-order valence-corrected chi connectivity index (χ2v) is 6.70. The number of ether oxygens (including phenoxy) is 3. The second-order valence-electron chi connectivity index (χ2n) is 6.70. The predicted molar refractivity (Wildman–Crippen MR) is 98.9 cm³/mol. The number of esters is 1. The summed E-state index contributed by atoms with van der Waals surface area (Å²) in [6.45, 7) is 3.88. The molecule has 2 atom stereocenters. The Morgan fingerprint density at radius 1 is 1.11 bits per heavy atom. The zero-order valence-corrected chi connectivity index (χ0v) is 15.6. The van der Waals surface area contributed by atoms with Gasteiger partial charge in [-0.05, 0) is 35.7 Å². The Hall–Kier alpha value is -3.02. The lowest BCUT2D eigenvalue weighted by Gasteiger charge is -2.27. The molecule has 0 radical (unpaired) electrons. The highest BCUT2D eigenvalue weighted by atomic mass is 16.6. The second kappa shape index (κ2) is 8.12. The van der Waals surface area contributed by atoms with E-state index < -0.39 is 24.3 Å². The molecule has 3 rings (SSSR count). The molecule has 27 heavy (non-hydrogen) atoms. The van der Waals surface area contributed by atoms with Gasteiger partial charge in [0, 0.05) is 5.56 Å². The monoisotopic (exact) mass is 369 g/mol. The molecule has 0 aromatic heterocycles. The van der Waals surface area contributed by atoms with Crippen molar-refractivity contribution in [2.75, 3.05) is 7.11 Å². The van der Waals surface area contributed by atoms with Gasteiger partial charge in [-0.3, -0.25) is 4.90 Å². The Balaban J connectivity index is 1.83. The molecule has 1 aliphatic rings. The van der Waals surface area contributed by atoms with Gasteiger partial charge >= 0.3 is 12.1 Å². The lowest BCUT2D eigenvalue weighted by molar-refractivity contribution is -0.143. The summed E-state index contributed by atoms with van der Waals surface area (Å²) in [5.41, 5.74) is 1.56. The standard InChI is InChI=1S/C21H23NO5/c1-14(2)18-20(23)27-19(16-9-11-17(25-3)12-10-16)22(18)21(24)26-13-15-7-5-4-6-8-15/h4-12,14,18-19H,13H2,1-3H3/t18-,19-/m0/s1. The Kier molecular flexibility index (Phi) is 5.64. The summed E-state index contributed by atoms with van der Waals surface area (Å²) in [4.78, 5) is 26.6. The lowest BCUT2D eigenvalue weighted by atomic mass is 10.0. The van der Waals surface area contributed by atoms with E-state index in [2.05, 4.69) is 0 Å². The molecule has 1 heterocycles. The van der Waals surface area contributed by atoms with Gasteiger partial charge in [-0.2, -0.15) is 0 Å². The number of methoxy groups -OCH3 is 1. The summed E-state index contributed by atoms with van der Waals surface area (Å²) >= 11 is 0. The maximum Gasteiger partial charge on any atom is 0.414 e. The van der Waals surface area contributed by atoms with Gasteiger partial charge in [0.2, 0.25) is 6.23 Å². The van der Waals surface area contributed by atoms with E-state index in [1.807, 2.05) is 44.2 Å². The summed E-state index contributed by atoms with van der Waals surface area (Å²) in [5.74, 6) is 0.147. The van der Waals surface area contributed by atoms with E-state index in [9.17, 15) is 9.59 Å². The number of cyclic esters (lactones) is 1. The number of amides is 1. The summed E-state index contributed by atoms with van der Waals surface area (Å²) in [6.07, 6.45) is -1.40. The quantitative estimate of drug-likeness (QED) is 0.748. The zero-order chi connectivity index (χ0) is 19.4. The fraction of sp³-hybridized carbons (Fsp3) is 0.333. The number of nitrogens with zero attached hydrogens (tertiary/aromatic N) is 1. The number of hydrogen-bond donors (Lipinski definition) is 0. The third-order valence-electron chi connectivity index (χ3n) is 4.47. The largest absolute Gasteiger partial charge is 0.497 e. The van der Waals surface area contributed by atoms with Gasteiger partial charge in [0.15, 0.2) is 0 Å². The summed E-state index contributed by atoms with van der Waals surface area (Å²) in [5, 5.41) is 0. The first kappa shape index (κ1) is 18.8. The molecule has 0 bridgehead atoms. The molecular weight excluding hydrogens is 346 g/mol. The van der Waals surface area contributed by atoms with Crippen molar-refractivity contribution in [1.82, 2.24) is 4.90 Å². The number of rotatable bonds is 5. The van der Waals surface area contributed by atoms with Crippen molar-refractivity contribution >= 4 is 12.1 Å². The smallest absolute Gasteiger partial charge is 0.414 e. The summed E-state index contributed by atoms with van der Waals surface area (Å²) in [6, 6.07) is 15.8. The fourth-order valence-corrected chi connectivity index (χ4v) is 3.09. The van der Waals surface area contributed by atoms with E-state index in [1.54, 1.807) is 31.4 Å². The van der Waals surface area contributed by atoms with Crippen LogP contribution in [-0.2, 0) is 20.9 Å². The van der Waals surface area contributed by atoms with Crippen LogP contribution in [-0.4, -0.2) is 30.1 Å². The third kappa shape index (κ3) is 4.05. The zero-order valence-electron chi connectivity index (χ0n) is 15.6. The normalized spacial score (nSPS) is 19.1. The Morgan fingerprint density at radius 2 is 1.78 bits per heavy atom. The minimum atomic E-state index is -0.820. The van der Waals surface area contributed by atoms with Crippen LogP contribution < -0.4 is 4.74 Å². The van der Waals surface area contributed by atoms with Crippen LogP contribution in [0.2, 0.25) is 0 Å². The lowest BCUT2D eigenvalue weighted by Crippen LogP contribution is -2.42. The minimum Gasteiger partial charge on any atom is -0.497 e. The van der Waals surface area contributed by atoms with Gasteiger partial charge < -0.3 is 14.2 Å². The summed E-state index contributed by atoms with van der Waals surface area (Å²) < 4.78 is 16.2. The van der Waals surface area contributed by atoms with Crippen molar-refractivity contribution in [1.29, 1.82) is 0 Å². The number of benzene rings is 2. The van der Waals surface area contributed by atoms with Crippen LogP contribution in [0, 0.1) is 5.92 Å². The predicted octanol–water partition coefficient (Wildman–Crippen LogP) is 3.91. The van der Waals surface area contributed by atoms with Gasteiger partial charge in [0.1, 0.15) is 18.4 Å². The van der Waals surface area contributed by atoms with E-state index >= 15 is 0 Å². The fourth-order valence-electron chi connectivity index (χ4n) is 3.09. The molecule has 6 heteroatoms. The Bertz CT molecular complexity index is 788. The first-order valence-corrected chi connectivity index (χ1v) is 8.84. The third-order valence-corrected chi connectivity index (χ3v) is 4.47. The van der Waals surface area contributed by atoms with Gasteiger partial charge in [-0.25, -0.2) is 9.59 Å². The van der Waals surface area contributed by atoms with Crippen molar-refractivity contribution in [3.63, 3.8) is 0 Å². The Labute approximate surface area is 158 Å². The Morgan fingerprint density at radius 3 is 2.37 bits per heavy atom. The molecule has 0 aliphatic carbocycles. The highest BCUT2D eigenvalue weighted by Crippen LogP contribution is 2.36. The van der Waals surface area contributed by atoms with E-state index in [0.717, 1.165) is 5.56 Å². The molecule has 0 saturated carbocycles. The molecule has 1 fully saturated rings. The topological polar surface area (TPSA) is 65.1 Å². The van der Waals surface area contributed by atoms with Crippen LogP contribution in [0.5, 0.6) is 5.75 Å². The molecule has 0 unspecified atom stereocenters. The van der Waals surface area contributed by atoms with Crippen LogP contribution >= 0.6 is 0 Å². The van der Waals surface area contributed by atoms with Crippen molar-refractivity contribution in [2.45, 2.75) is 32.7 Å². The molecule has 2 aromatic carbocycles. The SMILES string of the molecule is COc1ccc([C@@H]2OC(=O)[C@H](C(C)C)N2C(=O)OCc2ccccc2)cc1. The average Bonchev–Trinajstić information content (AvgIpc) is 3.04. The molecule has 0 N–H and O–H groups in total. The van der Waals surface area contributed by atoms with Gasteiger partial charge in [-0.1, -0.05) is 44.2 Å². The van der Waals surface area contributed by atoms with Crippen LogP contribution in [0.15, 0.2) is 54.6 Å². The highest BCUT2D eigenvalue weighted by Gasteiger charge is 2.48. The maximum atomic E-state index is 12.8. The maximum absolute atomic E-state index is 12.8. The van der Waals surface area contributed by atoms with Crippen LogP contribution in [0.4, 0.5) is 4.79 Å². The molecule has 142 valence electrons. The van der Waals surface area contributed by atoms with E-state index in [0.29, 0.717) is 11.3 Å². The number of carbonyl (C=O) groups excluding carboxylic acids is 2. The molecule has 1 amide bonds. The van der Waals surface area contributed by atoms with Crippen molar-refractivity contribution in [2.24, 2.45) is 5.92 Å². The first-order chi connectivity index (χ1) is 13.0. The first-order valence-electron chi connectivity index (χ1n) is 8.84. The van der Waals surface area contributed by atoms with Crippen molar-refractivity contribution in [3.05, 3.63) is 65.7 Å². The van der Waals surface area contributed by atoms with Crippen LogP contribution in [0.1, 0.15) is 31.2 Å². The molecule has 1 aliphatic heterocycles. The average molecular weight is 369 g/mol. The van der Waals surface area contributed by atoms with Gasteiger partial charge in [0.25, 0.3) is 0 Å². The van der Waals surface area contributed by atoms with Crippen LogP contribution in [0.25, 0.3) is 0 Å². The van der Waals surface area contributed by atoms with Gasteiger partial charge in [0.05, 0.1) is 7.11 Å². The molecule has 0 spiro atoms. The van der Waals surface area contributed by atoms with Crippen molar-refractivity contribution in [3.8, 4) is 5.75 Å². The molecule has 6 nitrogen and oxygen atoms in total. The molecule has 1 saturated heterocycles. The van der Waals surface area contributed by atoms with Gasteiger partial charge in [-0.15, -0.1) is 0 Å². The molecular formula is C21H23NO5. The highest BCUT2D eigenvalue weighted by molar-refractivity contribution is 5.85. The van der Waals surface area contributed by atoms with E-state index in [1.165, 1.54) is 4.90 Å². The summed E-state index contributed by atoms with van der Waals surface area (Å²) in [7, 11) is 1.58. The molecule has 2 aromatic rings. The minimum absolute atomic E-state index is 0.106. The number of carbonyl (C=O) groups is 2. The van der Waals surface area contributed by atoms with E-state index in [-0.39, 0.29) is 12.5 Å². The van der Waals surface area contributed by atoms with Crippen LogP contribution in [0.3, 0.4) is 0 Å².